The lowest BCUT2D eigenvalue weighted by Gasteiger charge is -2.27. The van der Waals surface area contributed by atoms with Gasteiger partial charge in [-0.2, -0.15) is 0 Å². The van der Waals surface area contributed by atoms with Crippen LogP contribution in [0.5, 0.6) is 0 Å². The van der Waals surface area contributed by atoms with Gasteiger partial charge in [0.15, 0.2) is 0 Å². The third kappa shape index (κ3) is 3.67. The van der Waals surface area contributed by atoms with Crippen molar-refractivity contribution in [3.05, 3.63) is 34.6 Å². The van der Waals surface area contributed by atoms with Crippen molar-refractivity contribution in [3.63, 3.8) is 0 Å². The molecule has 4 nitrogen and oxygen atoms in total. The van der Waals surface area contributed by atoms with Gasteiger partial charge in [0.1, 0.15) is 11.9 Å². The molecule has 6 heteroatoms. The SMILES string of the molecule is CC(C)(C)[C@@H](NC(=O)c1c(F)cccc1Cl)C(=O)O. The second kappa shape index (κ2) is 5.57. The van der Waals surface area contributed by atoms with Crippen molar-refractivity contribution in [2.24, 2.45) is 5.41 Å². The Morgan fingerprint density at radius 3 is 2.37 bits per heavy atom. The fourth-order valence-corrected chi connectivity index (χ4v) is 1.82. The number of hydrogen-bond donors (Lipinski definition) is 2. The summed E-state index contributed by atoms with van der Waals surface area (Å²) in [7, 11) is 0. The zero-order valence-electron chi connectivity index (χ0n) is 10.8. The monoisotopic (exact) mass is 287 g/mol. The van der Waals surface area contributed by atoms with E-state index in [0.717, 1.165) is 6.07 Å². The molecule has 1 amide bonds. The number of amides is 1. The zero-order chi connectivity index (χ0) is 14.8. The predicted molar refractivity (Wildman–Crippen MR) is 69.8 cm³/mol. The van der Waals surface area contributed by atoms with Crippen LogP contribution in [0.25, 0.3) is 0 Å². The van der Waals surface area contributed by atoms with Crippen LogP contribution in [0.3, 0.4) is 0 Å². The standard InChI is InChI=1S/C13H15ClFNO3/c1-13(2,3)10(12(18)19)16-11(17)9-7(14)5-4-6-8(9)15/h4-6,10H,1-3H3,(H,16,17)(H,18,19)/t10-/m0/s1. The predicted octanol–water partition coefficient (Wildman–Crippen LogP) is 2.71. The number of carbonyl (C=O) groups is 2. The molecule has 1 atom stereocenters. The maximum Gasteiger partial charge on any atom is 0.326 e. The maximum absolute atomic E-state index is 13.6. The van der Waals surface area contributed by atoms with E-state index in [1.807, 2.05) is 0 Å². The molecule has 19 heavy (non-hydrogen) atoms. The van der Waals surface area contributed by atoms with E-state index in [9.17, 15) is 14.0 Å². The molecule has 0 bridgehead atoms. The lowest BCUT2D eigenvalue weighted by Crippen LogP contribution is -2.49. The lowest BCUT2D eigenvalue weighted by atomic mass is 9.86. The maximum atomic E-state index is 13.6. The number of rotatable bonds is 3. The fraction of sp³-hybridized carbons (Fsp3) is 0.385. The number of carboxylic acid groups (broad SMARTS) is 1. The molecule has 0 spiro atoms. The molecule has 0 unspecified atom stereocenters. The molecular weight excluding hydrogens is 273 g/mol. The summed E-state index contributed by atoms with van der Waals surface area (Å²) in [6.45, 7) is 4.99. The quantitative estimate of drug-likeness (QED) is 0.898. The van der Waals surface area contributed by atoms with Crippen LogP contribution in [0.4, 0.5) is 4.39 Å². The van der Waals surface area contributed by atoms with Crippen LogP contribution in [-0.2, 0) is 4.79 Å². The van der Waals surface area contributed by atoms with Crippen molar-refractivity contribution in [2.45, 2.75) is 26.8 Å². The summed E-state index contributed by atoms with van der Waals surface area (Å²) in [6.07, 6.45) is 0. The molecule has 0 aromatic heterocycles. The third-order valence-corrected chi connectivity index (χ3v) is 2.89. The van der Waals surface area contributed by atoms with Crippen molar-refractivity contribution in [3.8, 4) is 0 Å². The molecule has 1 aromatic rings. The summed E-state index contributed by atoms with van der Waals surface area (Å²) in [4.78, 5) is 23.1. The van der Waals surface area contributed by atoms with Gasteiger partial charge < -0.3 is 10.4 Å². The van der Waals surface area contributed by atoms with Crippen molar-refractivity contribution < 1.29 is 19.1 Å². The molecule has 1 rings (SSSR count). The minimum absolute atomic E-state index is 0.0597. The van der Waals surface area contributed by atoms with E-state index in [2.05, 4.69) is 5.32 Å². The van der Waals surface area contributed by atoms with E-state index in [0.29, 0.717) is 0 Å². The average Bonchev–Trinajstić information content (AvgIpc) is 2.23. The van der Waals surface area contributed by atoms with Gasteiger partial charge in [-0.3, -0.25) is 4.79 Å². The minimum Gasteiger partial charge on any atom is -0.480 e. The molecular formula is C13H15ClFNO3. The van der Waals surface area contributed by atoms with Crippen molar-refractivity contribution in [1.82, 2.24) is 5.32 Å². The highest BCUT2D eigenvalue weighted by molar-refractivity contribution is 6.33. The molecule has 0 fully saturated rings. The topological polar surface area (TPSA) is 66.4 Å². The summed E-state index contributed by atoms with van der Waals surface area (Å²) in [5.74, 6) is -2.82. The average molecular weight is 288 g/mol. The molecule has 0 radical (unpaired) electrons. The summed E-state index contributed by atoms with van der Waals surface area (Å²) in [5, 5.41) is 11.3. The molecule has 1 aromatic carbocycles. The van der Waals surface area contributed by atoms with Gasteiger partial charge in [-0.1, -0.05) is 38.4 Å². The Morgan fingerprint density at radius 1 is 1.37 bits per heavy atom. The van der Waals surface area contributed by atoms with Crippen molar-refractivity contribution in [2.75, 3.05) is 0 Å². The molecule has 2 N–H and O–H groups in total. The number of benzene rings is 1. The van der Waals surface area contributed by atoms with Crippen LogP contribution in [-0.4, -0.2) is 23.0 Å². The highest BCUT2D eigenvalue weighted by atomic mass is 35.5. The lowest BCUT2D eigenvalue weighted by molar-refractivity contribution is -0.142. The second-order valence-corrected chi connectivity index (χ2v) is 5.61. The smallest absolute Gasteiger partial charge is 0.326 e. The van der Waals surface area contributed by atoms with Crippen LogP contribution < -0.4 is 5.32 Å². The first kappa shape index (κ1) is 15.4. The highest BCUT2D eigenvalue weighted by Gasteiger charge is 2.33. The second-order valence-electron chi connectivity index (χ2n) is 5.21. The molecule has 0 aliphatic carbocycles. The molecule has 0 saturated carbocycles. The highest BCUT2D eigenvalue weighted by Crippen LogP contribution is 2.22. The Kier molecular flexibility index (Phi) is 4.52. The van der Waals surface area contributed by atoms with Crippen LogP contribution in [0.1, 0.15) is 31.1 Å². The van der Waals surface area contributed by atoms with Gasteiger partial charge in [0.25, 0.3) is 5.91 Å². The van der Waals surface area contributed by atoms with Gasteiger partial charge in [-0.15, -0.1) is 0 Å². The number of nitrogens with one attached hydrogen (secondary N) is 1. The van der Waals surface area contributed by atoms with Crippen LogP contribution in [0, 0.1) is 11.2 Å². The van der Waals surface area contributed by atoms with E-state index in [1.165, 1.54) is 12.1 Å². The third-order valence-electron chi connectivity index (χ3n) is 2.58. The van der Waals surface area contributed by atoms with E-state index >= 15 is 0 Å². The van der Waals surface area contributed by atoms with E-state index in [-0.39, 0.29) is 10.6 Å². The molecule has 0 aliphatic rings. The Labute approximate surface area is 115 Å². The van der Waals surface area contributed by atoms with Crippen LogP contribution in [0.15, 0.2) is 18.2 Å². The first-order valence-electron chi connectivity index (χ1n) is 5.62. The van der Waals surface area contributed by atoms with E-state index < -0.39 is 29.2 Å². The van der Waals surface area contributed by atoms with E-state index in [1.54, 1.807) is 20.8 Å². The summed E-state index contributed by atoms with van der Waals surface area (Å²) < 4.78 is 13.6. The normalized spacial score (nSPS) is 12.9. The zero-order valence-corrected chi connectivity index (χ0v) is 11.6. The van der Waals surface area contributed by atoms with Crippen LogP contribution in [0.2, 0.25) is 5.02 Å². The van der Waals surface area contributed by atoms with E-state index in [4.69, 9.17) is 16.7 Å². The summed E-state index contributed by atoms with van der Waals surface area (Å²) in [5.41, 5.74) is -1.06. The fourth-order valence-electron chi connectivity index (χ4n) is 1.57. The van der Waals surface area contributed by atoms with Gasteiger partial charge in [-0.05, 0) is 17.5 Å². The molecule has 104 valence electrons. The van der Waals surface area contributed by atoms with Crippen LogP contribution >= 0.6 is 11.6 Å². The Balaban J connectivity index is 3.05. The number of hydrogen-bond acceptors (Lipinski definition) is 2. The Morgan fingerprint density at radius 2 is 1.95 bits per heavy atom. The Bertz CT molecular complexity index is 491. The Hall–Kier alpha value is -1.62. The molecule has 0 aliphatic heterocycles. The van der Waals surface area contributed by atoms with Gasteiger partial charge >= 0.3 is 5.97 Å². The number of halogens is 2. The number of carbonyl (C=O) groups excluding carboxylic acids is 1. The number of carboxylic acids is 1. The summed E-state index contributed by atoms with van der Waals surface area (Å²) in [6, 6.07) is 2.68. The summed E-state index contributed by atoms with van der Waals surface area (Å²) >= 11 is 5.75. The van der Waals surface area contributed by atoms with Gasteiger partial charge in [0.05, 0.1) is 10.6 Å². The first-order chi connectivity index (χ1) is 8.64. The van der Waals surface area contributed by atoms with Crippen molar-refractivity contribution >= 4 is 23.5 Å². The minimum atomic E-state index is -1.19. The van der Waals surface area contributed by atoms with Gasteiger partial charge in [0.2, 0.25) is 0 Å². The van der Waals surface area contributed by atoms with Gasteiger partial charge in [0, 0.05) is 0 Å². The van der Waals surface area contributed by atoms with Gasteiger partial charge in [-0.25, -0.2) is 9.18 Å². The molecule has 0 heterocycles. The molecule has 0 saturated heterocycles. The first-order valence-corrected chi connectivity index (χ1v) is 6.00. The largest absolute Gasteiger partial charge is 0.480 e. The van der Waals surface area contributed by atoms with Crippen molar-refractivity contribution in [1.29, 1.82) is 0 Å². The number of aliphatic carboxylic acids is 1.